The van der Waals surface area contributed by atoms with Crippen LogP contribution < -0.4 is 0 Å². The second-order valence-corrected chi connectivity index (χ2v) is 8.92. The zero-order valence-electron chi connectivity index (χ0n) is 12.3. The monoisotopic (exact) mass is 443 g/mol. The maximum absolute atomic E-state index is 5.60. The first-order chi connectivity index (χ1) is 10.7. The van der Waals surface area contributed by atoms with Crippen LogP contribution in [0.1, 0.15) is 16.9 Å². The molecule has 1 aromatic heterocycles. The van der Waals surface area contributed by atoms with Crippen LogP contribution in [0.25, 0.3) is 0 Å². The summed E-state index contributed by atoms with van der Waals surface area (Å²) in [6.45, 7) is 3.80. The Balaban J connectivity index is 1.68. The summed E-state index contributed by atoms with van der Waals surface area (Å²) in [4.78, 5) is 3.95. The molecule has 1 fully saturated rings. The molecule has 0 amide bonds. The molecule has 0 N–H and O–H groups in total. The predicted octanol–water partition coefficient (Wildman–Crippen LogP) is 5.11. The SMILES string of the molecule is Brc1cc(Br)c(CN(CCc2ccccc2)C2CCOC2)s1. The summed E-state index contributed by atoms with van der Waals surface area (Å²) in [5, 5.41) is 0. The van der Waals surface area contributed by atoms with Crippen LogP contribution >= 0.6 is 43.2 Å². The molecule has 2 heterocycles. The van der Waals surface area contributed by atoms with Gasteiger partial charge in [0, 0.05) is 35.1 Å². The van der Waals surface area contributed by atoms with Gasteiger partial charge in [0.1, 0.15) is 0 Å². The number of nitrogens with zero attached hydrogens (tertiary/aromatic N) is 1. The number of hydrogen-bond acceptors (Lipinski definition) is 3. The van der Waals surface area contributed by atoms with Crippen molar-refractivity contribution in [1.29, 1.82) is 0 Å². The van der Waals surface area contributed by atoms with Gasteiger partial charge in [0.15, 0.2) is 0 Å². The molecule has 1 unspecified atom stereocenters. The van der Waals surface area contributed by atoms with Crippen LogP contribution in [0.3, 0.4) is 0 Å². The van der Waals surface area contributed by atoms with Gasteiger partial charge in [0.2, 0.25) is 0 Å². The second-order valence-electron chi connectivity index (χ2n) is 5.55. The van der Waals surface area contributed by atoms with E-state index in [9.17, 15) is 0 Å². The van der Waals surface area contributed by atoms with Crippen molar-refractivity contribution >= 4 is 43.2 Å². The molecule has 1 aromatic carbocycles. The zero-order valence-corrected chi connectivity index (χ0v) is 16.3. The lowest BCUT2D eigenvalue weighted by Gasteiger charge is -2.27. The maximum Gasteiger partial charge on any atom is 0.0713 e. The van der Waals surface area contributed by atoms with Crippen LogP contribution in [0.4, 0.5) is 0 Å². The highest BCUT2D eigenvalue weighted by molar-refractivity contribution is 9.11. The van der Waals surface area contributed by atoms with Gasteiger partial charge in [-0.05, 0) is 56.3 Å². The highest BCUT2D eigenvalue weighted by atomic mass is 79.9. The van der Waals surface area contributed by atoms with Crippen molar-refractivity contribution in [2.24, 2.45) is 0 Å². The van der Waals surface area contributed by atoms with E-state index in [2.05, 4.69) is 73.2 Å². The van der Waals surface area contributed by atoms with Gasteiger partial charge >= 0.3 is 0 Å². The first-order valence-corrected chi connectivity index (χ1v) is 9.92. The summed E-state index contributed by atoms with van der Waals surface area (Å²) in [5.41, 5.74) is 1.40. The van der Waals surface area contributed by atoms with E-state index >= 15 is 0 Å². The Morgan fingerprint density at radius 2 is 2.05 bits per heavy atom. The van der Waals surface area contributed by atoms with Gasteiger partial charge in [-0.2, -0.15) is 0 Å². The summed E-state index contributed by atoms with van der Waals surface area (Å²) in [6.07, 6.45) is 2.22. The summed E-state index contributed by atoms with van der Waals surface area (Å²) >= 11 is 9.06. The third-order valence-electron chi connectivity index (χ3n) is 4.03. The summed E-state index contributed by atoms with van der Waals surface area (Å²) in [6, 6.07) is 13.4. The van der Waals surface area contributed by atoms with Crippen molar-refractivity contribution in [3.8, 4) is 0 Å². The Bertz CT molecular complexity index is 596. The average molecular weight is 445 g/mol. The molecule has 0 aliphatic carbocycles. The minimum atomic E-state index is 0.538. The molecule has 2 nitrogen and oxygen atoms in total. The van der Waals surface area contributed by atoms with Crippen LogP contribution in [-0.2, 0) is 17.7 Å². The predicted molar refractivity (Wildman–Crippen MR) is 99.5 cm³/mol. The molecule has 1 saturated heterocycles. The molecule has 1 aliphatic heterocycles. The third kappa shape index (κ3) is 4.42. The van der Waals surface area contributed by atoms with E-state index < -0.39 is 0 Å². The highest BCUT2D eigenvalue weighted by Gasteiger charge is 2.24. The topological polar surface area (TPSA) is 12.5 Å². The number of rotatable bonds is 6. The van der Waals surface area contributed by atoms with E-state index in [1.54, 1.807) is 0 Å². The fourth-order valence-electron chi connectivity index (χ4n) is 2.79. The van der Waals surface area contributed by atoms with E-state index in [0.29, 0.717) is 6.04 Å². The van der Waals surface area contributed by atoms with Gasteiger partial charge in [-0.3, -0.25) is 4.90 Å². The van der Waals surface area contributed by atoms with Crippen molar-refractivity contribution in [2.45, 2.75) is 25.4 Å². The number of hydrogen-bond donors (Lipinski definition) is 0. The van der Waals surface area contributed by atoms with E-state index in [1.807, 2.05) is 11.3 Å². The zero-order chi connectivity index (χ0) is 15.4. The molecule has 1 atom stereocenters. The number of ether oxygens (including phenoxy) is 1. The molecular weight excluding hydrogens is 426 g/mol. The van der Waals surface area contributed by atoms with Crippen molar-refractivity contribution in [1.82, 2.24) is 4.90 Å². The van der Waals surface area contributed by atoms with Crippen molar-refractivity contribution in [3.63, 3.8) is 0 Å². The quantitative estimate of drug-likeness (QED) is 0.613. The molecule has 3 rings (SSSR count). The molecule has 0 bridgehead atoms. The Kier molecular flexibility index (Phi) is 6.10. The molecule has 5 heteroatoms. The smallest absolute Gasteiger partial charge is 0.0713 e. The summed E-state index contributed by atoms with van der Waals surface area (Å²) in [5.74, 6) is 0. The minimum absolute atomic E-state index is 0.538. The van der Waals surface area contributed by atoms with Gasteiger partial charge in [-0.25, -0.2) is 0 Å². The standard InChI is InChI=1S/C17H19Br2NOS/c18-15-10-17(19)22-16(15)11-20(14-7-9-21-12-14)8-6-13-4-2-1-3-5-13/h1-5,10,14H,6-9,11-12H2. The van der Waals surface area contributed by atoms with Crippen LogP contribution in [-0.4, -0.2) is 30.7 Å². The van der Waals surface area contributed by atoms with Gasteiger partial charge in [-0.15, -0.1) is 11.3 Å². The van der Waals surface area contributed by atoms with Gasteiger partial charge in [0.25, 0.3) is 0 Å². The van der Waals surface area contributed by atoms with E-state index in [4.69, 9.17) is 4.74 Å². The Morgan fingerprint density at radius 1 is 1.23 bits per heavy atom. The second kappa shape index (κ2) is 8.06. The molecule has 1 aliphatic rings. The Morgan fingerprint density at radius 3 is 2.68 bits per heavy atom. The summed E-state index contributed by atoms with van der Waals surface area (Å²) in [7, 11) is 0. The minimum Gasteiger partial charge on any atom is -0.380 e. The van der Waals surface area contributed by atoms with Crippen molar-refractivity contribution in [3.05, 3.63) is 55.1 Å². The largest absolute Gasteiger partial charge is 0.380 e. The molecule has 118 valence electrons. The maximum atomic E-state index is 5.60. The lowest BCUT2D eigenvalue weighted by atomic mass is 10.1. The molecule has 2 aromatic rings. The third-order valence-corrected chi connectivity index (χ3v) is 6.62. The fourth-order valence-corrected chi connectivity index (χ4v) is 5.46. The molecular formula is C17H19Br2NOS. The molecule has 0 spiro atoms. The number of benzene rings is 1. The molecule has 0 saturated carbocycles. The van der Waals surface area contributed by atoms with Crippen LogP contribution in [0.5, 0.6) is 0 Å². The Labute approximate surface area is 152 Å². The van der Waals surface area contributed by atoms with Crippen LogP contribution in [0.15, 0.2) is 44.7 Å². The lowest BCUT2D eigenvalue weighted by molar-refractivity contribution is 0.140. The van der Waals surface area contributed by atoms with Gasteiger partial charge in [-0.1, -0.05) is 30.3 Å². The lowest BCUT2D eigenvalue weighted by Crippen LogP contribution is -2.36. The van der Waals surface area contributed by atoms with E-state index in [0.717, 1.165) is 39.1 Å². The van der Waals surface area contributed by atoms with E-state index in [-0.39, 0.29) is 0 Å². The highest BCUT2D eigenvalue weighted by Crippen LogP contribution is 2.33. The van der Waals surface area contributed by atoms with Gasteiger partial charge < -0.3 is 4.74 Å². The number of thiophene rings is 1. The van der Waals surface area contributed by atoms with Gasteiger partial charge in [0.05, 0.1) is 10.4 Å². The first kappa shape index (κ1) is 16.7. The first-order valence-electron chi connectivity index (χ1n) is 7.52. The normalized spacial score (nSPS) is 18.2. The van der Waals surface area contributed by atoms with Crippen molar-refractivity contribution in [2.75, 3.05) is 19.8 Å². The molecule has 0 radical (unpaired) electrons. The molecule has 22 heavy (non-hydrogen) atoms. The Hall–Kier alpha value is -0.200. The number of halogens is 2. The fraction of sp³-hybridized carbons (Fsp3) is 0.412. The van der Waals surface area contributed by atoms with Crippen LogP contribution in [0, 0.1) is 0 Å². The van der Waals surface area contributed by atoms with E-state index in [1.165, 1.54) is 18.7 Å². The van der Waals surface area contributed by atoms with Crippen molar-refractivity contribution < 1.29 is 4.74 Å². The van der Waals surface area contributed by atoms with Crippen LogP contribution in [0.2, 0.25) is 0 Å². The summed E-state index contributed by atoms with van der Waals surface area (Å²) < 4.78 is 7.99. The average Bonchev–Trinajstić information content (AvgIpc) is 3.14.